The van der Waals surface area contributed by atoms with E-state index in [1.807, 2.05) is 36.4 Å². The Hall–Kier alpha value is -2.30. The number of likely N-dealkylation sites (tertiary alicyclic amines) is 1. The number of aromatic hydroxyl groups is 1. The summed E-state index contributed by atoms with van der Waals surface area (Å²) in [5, 5.41) is 15.5. The van der Waals surface area contributed by atoms with Crippen LogP contribution in [-0.2, 0) is 6.54 Å². The van der Waals surface area contributed by atoms with Crippen molar-refractivity contribution in [2.45, 2.75) is 25.8 Å². The molecular weight excluding hydrogens is 346 g/mol. The molecule has 5 heteroatoms. The molecule has 2 heterocycles. The second-order valence-corrected chi connectivity index (χ2v) is 7.26. The smallest absolute Gasteiger partial charge is 0.122 e. The summed E-state index contributed by atoms with van der Waals surface area (Å²) >= 11 is 6.05. The molecule has 1 aromatic heterocycles. The standard InChI is InChI=1S/C21H22ClN3O/c22-16-5-7-18-19(8-9-23-20(18)12-16)24-17-6-4-15(21(26)13-17)14-25-10-2-1-3-11-25/h4-9,12-13,26H,1-3,10-11,14H2,(H,23,24). The normalized spacial score (nSPS) is 15.3. The first-order valence-electron chi connectivity index (χ1n) is 9.04. The predicted molar refractivity (Wildman–Crippen MR) is 107 cm³/mol. The van der Waals surface area contributed by atoms with Crippen LogP contribution in [0.25, 0.3) is 10.9 Å². The van der Waals surface area contributed by atoms with E-state index in [1.165, 1.54) is 19.3 Å². The van der Waals surface area contributed by atoms with Crippen molar-refractivity contribution in [3.63, 3.8) is 0 Å². The minimum absolute atomic E-state index is 0.335. The molecule has 26 heavy (non-hydrogen) atoms. The molecule has 4 rings (SSSR count). The van der Waals surface area contributed by atoms with Crippen molar-refractivity contribution in [2.75, 3.05) is 18.4 Å². The molecular formula is C21H22ClN3O. The van der Waals surface area contributed by atoms with Gasteiger partial charge < -0.3 is 10.4 Å². The third-order valence-electron chi connectivity index (χ3n) is 4.91. The third-order valence-corrected chi connectivity index (χ3v) is 5.15. The molecule has 0 saturated carbocycles. The zero-order chi connectivity index (χ0) is 17.9. The lowest BCUT2D eigenvalue weighted by Gasteiger charge is -2.26. The van der Waals surface area contributed by atoms with Crippen molar-refractivity contribution >= 4 is 33.9 Å². The van der Waals surface area contributed by atoms with Gasteiger partial charge in [0.15, 0.2) is 0 Å². The number of benzene rings is 2. The molecule has 0 aliphatic carbocycles. The monoisotopic (exact) mass is 367 g/mol. The Balaban J connectivity index is 1.54. The summed E-state index contributed by atoms with van der Waals surface area (Å²) in [6, 6.07) is 13.4. The maximum Gasteiger partial charge on any atom is 0.122 e. The van der Waals surface area contributed by atoms with Crippen LogP contribution in [0.3, 0.4) is 0 Å². The lowest BCUT2D eigenvalue weighted by molar-refractivity contribution is 0.218. The fourth-order valence-corrected chi connectivity index (χ4v) is 3.69. The van der Waals surface area contributed by atoms with Crippen LogP contribution < -0.4 is 5.32 Å². The Kier molecular flexibility index (Phi) is 4.96. The highest BCUT2D eigenvalue weighted by molar-refractivity contribution is 6.31. The molecule has 1 saturated heterocycles. The molecule has 0 atom stereocenters. The minimum atomic E-state index is 0.335. The van der Waals surface area contributed by atoms with Gasteiger partial charge >= 0.3 is 0 Å². The maximum absolute atomic E-state index is 10.5. The second-order valence-electron chi connectivity index (χ2n) is 6.83. The molecule has 0 amide bonds. The highest BCUT2D eigenvalue weighted by Crippen LogP contribution is 2.30. The number of aromatic nitrogens is 1. The number of hydrogen-bond acceptors (Lipinski definition) is 4. The molecule has 0 spiro atoms. The van der Waals surface area contributed by atoms with E-state index < -0.39 is 0 Å². The molecule has 4 nitrogen and oxygen atoms in total. The van der Waals surface area contributed by atoms with Crippen LogP contribution in [0.15, 0.2) is 48.7 Å². The first kappa shape index (κ1) is 17.1. The summed E-state index contributed by atoms with van der Waals surface area (Å²) in [6.07, 6.45) is 5.57. The van der Waals surface area contributed by atoms with E-state index in [9.17, 15) is 5.11 Å². The summed E-state index contributed by atoms with van der Waals surface area (Å²) < 4.78 is 0. The fraction of sp³-hybridized carbons (Fsp3) is 0.286. The van der Waals surface area contributed by atoms with Gasteiger partial charge in [0.05, 0.1) is 5.52 Å². The summed E-state index contributed by atoms with van der Waals surface area (Å²) in [5.74, 6) is 0.335. The Morgan fingerprint density at radius 1 is 1.04 bits per heavy atom. The number of fused-ring (bicyclic) bond motifs is 1. The number of pyridine rings is 1. The molecule has 0 unspecified atom stereocenters. The Morgan fingerprint density at radius 3 is 2.69 bits per heavy atom. The molecule has 1 aliphatic heterocycles. The lowest BCUT2D eigenvalue weighted by Crippen LogP contribution is -2.29. The zero-order valence-corrected chi connectivity index (χ0v) is 15.3. The van der Waals surface area contributed by atoms with Crippen LogP contribution in [0.2, 0.25) is 5.02 Å². The van der Waals surface area contributed by atoms with E-state index in [1.54, 1.807) is 12.3 Å². The van der Waals surface area contributed by atoms with E-state index in [0.29, 0.717) is 10.8 Å². The first-order chi connectivity index (χ1) is 12.7. The van der Waals surface area contributed by atoms with Crippen molar-refractivity contribution in [3.8, 4) is 5.75 Å². The molecule has 3 aromatic rings. The average Bonchev–Trinajstić information content (AvgIpc) is 2.65. The van der Waals surface area contributed by atoms with Gasteiger partial charge in [-0.3, -0.25) is 9.88 Å². The average molecular weight is 368 g/mol. The Morgan fingerprint density at radius 2 is 1.88 bits per heavy atom. The predicted octanol–water partition coefficient (Wildman–Crippen LogP) is 5.32. The zero-order valence-electron chi connectivity index (χ0n) is 14.6. The van der Waals surface area contributed by atoms with Gasteiger partial charge in [0.2, 0.25) is 0 Å². The Bertz CT molecular complexity index is 922. The molecule has 2 aromatic carbocycles. The molecule has 0 radical (unpaired) electrons. The van der Waals surface area contributed by atoms with Crippen molar-refractivity contribution in [1.29, 1.82) is 0 Å². The van der Waals surface area contributed by atoms with Crippen LogP contribution in [0, 0.1) is 0 Å². The molecule has 0 bridgehead atoms. The fourth-order valence-electron chi connectivity index (χ4n) is 3.52. The number of anilines is 2. The molecule has 1 fully saturated rings. The second kappa shape index (κ2) is 7.52. The van der Waals surface area contributed by atoms with Crippen molar-refractivity contribution in [2.24, 2.45) is 0 Å². The number of phenolic OH excluding ortho intramolecular Hbond substituents is 1. The van der Waals surface area contributed by atoms with Crippen LogP contribution >= 0.6 is 11.6 Å². The van der Waals surface area contributed by atoms with Gasteiger partial charge in [0, 0.05) is 46.2 Å². The van der Waals surface area contributed by atoms with Gasteiger partial charge in [-0.15, -0.1) is 0 Å². The number of nitrogens with zero attached hydrogens (tertiary/aromatic N) is 2. The molecule has 134 valence electrons. The molecule has 2 N–H and O–H groups in total. The van der Waals surface area contributed by atoms with Gasteiger partial charge in [-0.2, -0.15) is 0 Å². The summed E-state index contributed by atoms with van der Waals surface area (Å²) in [6.45, 7) is 3.04. The third kappa shape index (κ3) is 3.76. The number of halogens is 1. The molecule has 1 aliphatic rings. The summed E-state index contributed by atoms with van der Waals surface area (Å²) in [5.41, 5.74) is 3.61. The van der Waals surface area contributed by atoms with Crippen LogP contribution in [-0.4, -0.2) is 28.1 Å². The SMILES string of the molecule is Oc1cc(Nc2ccnc3cc(Cl)ccc23)ccc1CN1CCCCC1. The van der Waals surface area contributed by atoms with E-state index in [2.05, 4.69) is 15.2 Å². The van der Waals surface area contributed by atoms with Crippen molar-refractivity contribution in [3.05, 3.63) is 59.2 Å². The summed E-state index contributed by atoms with van der Waals surface area (Å²) in [4.78, 5) is 6.77. The number of phenols is 1. The highest BCUT2D eigenvalue weighted by atomic mass is 35.5. The number of hydrogen-bond donors (Lipinski definition) is 2. The van der Waals surface area contributed by atoms with Gasteiger partial charge in [-0.05, 0) is 56.3 Å². The van der Waals surface area contributed by atoms with Crippen LogP contribution in [0.4, 0.5) is 11.4 Å². The van der Waals surface area contributed by atoms with Crippen molar-refractivity contribution < 1.29 is 5.11 Å². The minimum Gasteiger partial charge on any atom is -0.508 e. The maximum atomic E-state index is 10.5. The van der Waals surface area contributed by atoms with E-state index >= 15 is 0 Å². The first-order valence-corrected chi connectivity index (χ1v) is 9.42. The quantitative estimate of drug-likeness (QED) is 0.654. The van der Waals surface area contributed by atoms with Crippen LogP contribution in [0.1, 0.15) is 24.8 Å². The van der Waals surface area contributed by atoms with E-state index in [0.717, 1.165) is 47.5 Å². The summed E-state index contributed by atoms with van der Waals surface area (Å²) in [7, 11) is 0. The van der Waals surface area contributed by atoms with E-state index in [-0.39, 0.29) is 0 Å². The van der Waals surface area contributed by atoms with Crippen molar-refractivity contribution in [1.82, 2.24) is 9.88 Å². The van der Waals surface area contributed by atoms with Gasteiger partial charge in [-0.1, -0.05) is 24.1 Å². The largest absolute Gasteiger partial charge is 0.508 e. The lowest BCUT2D eigenvalue weighted by atomic mass is 10.1. The number of piperidine rings is 1. The van der Waals surface area contributed by atoms with Gasteiger partial charge in [-0.25, -0.2) is 0 Å². The van der Waals surface area contributed by atoms with Crippen LogP contribution in [0.5, 0.6) is 5.75 Å². The Labute approximate surface area is 158 Å². The topological polar surface area (TPSA) is 48.4 Å². The highest BCUT2D eigenvalue weighted by Gasteiger charge is 2.13. The number of rotatable bonds is 4. The van der Waals surface area contributed by atoms with Gasteiger partial charge in [0.25, 0.3) is 0 Å². The number of nitrogens with one attached hydrogen (secondary N) is 1. The van der Waals surface area contributed by atoms with Gasteiger partial charge in [0.1, 0.15) is 5.75 Å². The van der Waals surface area contributed by atoms with E-state index in [4.69, 9.17) is 11.6 Å².